The highest BCUT2D eigenvalue weighted by Crippen LogP contribution is 2.15. The molecule has 0 unspecified atom stereocenters. The van der Waals surface area contributed by atoms with Crippen molar-refractivity contribution in [2.75, 3.05) is 27.7 Å². The van der Waals surface area contributed by atoms with Crippen LogP contribution in [0.2, 0.25) is 0 Å². The molecule has 0 amide bonds. The van der Waals surface area contributed by atoms with Crippen LogP contribution in [0.3, 0.4) is 0 Å². The summed E-state index contributed by atoms with van der Waals surface area (Å²) >= 11 is 0. The highest BCUT2D eigenvalue weighted by Gasteiger charge is 2.18. The summed E-state index contributed by atoms with van der Waals surface area (Å²) in [4.78, 5) is 2.21. The molecular weight excluding hydrogens is 172 g/mol. The molecule has 1 rings (SSSR count). The molecule has 0 aromatic carbocycles. The molecule has 0 aromatic rings. The minimum Gasteiger partial charge on any atom is -0.318 e. The Morgan fingerprint density at radius 2 is 1.36 bits per heavy atom. The van der Waals surface area contributed by atoms with Crippen LogP contribution in [0.25, 0.3) is 0 Å². The fraction of sp³-hybridized carbons (Fsp3) is 1.00. The number of nitrogens with one attached hydrogen (secondary N) is 1. The van der Waals surface area contributed by atoms with E-state index in [9.17, 15) is 0 Å². The van der Waals surface area contributed by atoms with E-state index >= 15 is 0 Å². The Morgan fingerprint density at radius 3 is 1.50 bits per heavy atom. The summed E-state index contributed by atoms with van der Waals surface area (Å²) < 4.78 is 0. The Balaban J connectivity index is 0.000000280. The molecule has 1 saturated carbocycles. The Bertz CT molecular complexity index is 119. The lowest BCUT2D eigenvalue weighted by atomic mass is 10.1. The normalized spacial score (nSPS) is 16.7. The Kier molecular flexibility index (Phi) is 7.20. The number of hydrogen-bond acceptors (Lipinski definition) is 2. The molecule has 0 aromatic heterocycles. The summed E-state index contributed by atoms with van der Waals surface area (Å²) in [5.74, 6) is 0. The zero-order valence-electron chi connectivity index (χ0n) is 10.7. The second kappa shape index (κ2) is 7.24. The van der Waals surface area contributed by atoms with Gasteiger partial charge in [0.2, 0.25) is 0 Å². The molecule has 0 aliphatic heterocycles. The molecule has 1 aliphatic carbocycles. The van der Waals surface area contributed by atoms with Crippen molar-refractivity contribution in [3.8, 4) is 0 Å². The molecule has 0 spiro atoms. The Labute approximate surface area is 90.1 Å². The van der Waals surface area contributed by atoms with E-state index in [-0.39, 0.29) is 5.54 Å². The summed E-state index contributed by atoms with van der Waals surface area (Å²) in [5.41, 5.74) is 0.273. The maximum atomic E-state index is 3.15. The highest BCUT2D eigenvalue weighted by molar-refractivity contribution is 4.78. The first kappa shape index (κ1) is 13.9. The molecule has 1 aliphatic rings. The van der Waals surface area contributed by atoms with Gasteiger partial charge in [-0.15, -0.1) is 0 Å². The van der Waals surface area contributed by atoms with Crippen LogP contribution in [0.4, 0.5) is 0 Å². The fourth-order valence-corrected chi connectivity index (χ4v) is 1.47. The van der Waals surface area contributed by atoms with Gasteiger partial charge >= 0.3 is 0 Å². The van der Waals surface area contributed by atoms with Crippen LogP contribution >= 0.6 is 0 Å². The van der Waals surface area contributed by atoms with Crippen molar-refractivity contribution in [2.24, 2.45) is 0 Å². The summed E-state index contributed by atoms with van der Waals surface area (Å²) in [6.45, 7) is 5.45. The van der Waals surface area contributed by atoms with Crippen molar-refractivity contribution >= 4 is 0 Å². The standard InChI is InChI=1S/C7H18N2.C5H10/c1-7(2,6-8-3)9(4)5;1-2-4-5-3-1/h8H,6H2,1-5H3;1-5H2. The van der Waals surface area contributed by atoms with E-state index in [2.05, 4.69) is 38.2 Å². The van der Waals surface area contributed by atoms with E-state index in [0.717, 1.165) is 6.54 Å². The second-order valence-electron chi connectivity index (χ2n) is 5.00. The summed E-state index contributed by atoms with van der Waals surface area (Å²) in [6, 6.07) is 0. The Morgan fingerprint density at radius 1 is 1.00 bits per heavy atom. The zero-order valence-corrected chi connectivity index (χ0v) is 10.7. The van der Waals surface area contributed by atoms with Gasteiger partial charge < -0.3 is 10.2 Å². The first-order valence-corrected chi connectivity index (χ1v) is 5.83. The lowest BCUT2D eigenvalue weighted by molar-refractivity contribution is 0.194. The maximum Gasteiger partial charge on any atom is 0.0271 e. The quantitative estimate of drug-likeness (QED) is 0.753. The molecule has 86 valence electrons. The Hall–Kier alpha value is -0.0800. The average Bonchev–Trinajstić information content (AvgIpc) is 2.60. The van der Waals surface area contributed by atoms with Crippen molar-refractivity contribution in [3.63, 3.8) is 0 Å². The third-order valence-corrected chi connectivity index (χ3v) is 3.07. The van der Waals surface area contributed by atoms with Crippen LogP contribution < -0.4 is 5.32 Å². The molecule has 2 nitrogen and oxygen atoms in total. The third-order valence-electron chi connectivity index (χ3n) is 3.07. The van der Waals surface area contributed by atoms with Crippen molar-refractivity contribution < 1.29 is 0 Å². The van der Waals surface area contributed by atoms with Gasteiger partial charge in [0.1, 0.15) is 0 Å². The lowest BCUT2D eigenvalue weighted by Crippen LogP contribution is -2.45. The molecule has 0 heterocycles. The van der Waals surface area contributed by atoms with Gasteiger partial charge in [0, 0.05) is 12.1 Å². The zero-order chi connectivity index (χ0) is 11.0. The molecular formula is C12H28N2. The van der Waals surface area contributed by atoms with E-state index in [1.807, 2.05) is 7.05 Å². The first-order chi connectivity index (χ1) is 6.50. The number of rotatable bonds is 3. The monoisotopic (exact) mass is 200 g/mol. The van der Waals surface area contributed by atoms with Gasteiger partial charge in [0.25, 0.3) is 0 Å². The van der Waals surface area contributed by atoms with Gasteiger partial charge in [-0.3, -0.25) is 0 Å². The number of likely N-dealkylation sites (N-methyl/N-ethyl adjacent to an activating group) is 2. The lowest BCUT2D eigenvalue weighted by Gasteiger charge is -2.32. The first-order valence-electron chi connectivity index (χ1n) is 5.83. The van der Waals surface area contributed by atoms with Gasteiger partial charge in [-0.05, 0) is 35.0 Å². The molecule has 14 heavy (non-hydrogen) atoms. The van der Waals surface area contributed by atoms with Crippen LogP contribution in [0, 0.1) is 0 Å². The minimum absolute atomic E-state index is 0.273. The van der Waals surface area contributed by atoms with Gasteiger partial charge in [-0.1, -0.05) is 32.1 Å². The van der Waals surface area contributed by atoms with E-state index < -0.39 is 0 Å². The van der Waals surface area contributed by atoms with E-state index in [4.69, 9.17) is 0 Å². The predicted octanol–water partition coefficient (Wildman–Crippen LogP) is 2.50. The number of nitrogens with zero attached hydrogens (tertiary/aromatic N) is 1. The predicted molar refractivity (Wildman–Crippen MR) is 64.8 cm³/mol. The third kappa shape index (κ3) is 6.39. The van der Waals surface area contributed by atoms with Crippen LogP contribution in [0.5, 0.6) is 0 Å². The van der Waals surface area contributed by atoms with E-state index in [0.29, 0.717) is 0 Å². The summed E-state index contributed by atoms with van der Waals surface area (Å²) in [6.07, 6.45) is 7.50. The van der Waals surface area contributed by atoms with Crippen molar-refractivity contribution in [2.45, 2.75) is 51.5 Å². The van der Waals surface area contributed by atoms with E-state index in [1.54, 1.807) is 0 Å². The summed E-state index contributed by atoms with van der Waals surface area (Å²) in [5, 5.41) is 3.15. The smallest absolute Gasteiger partial charge is 0.0271 e. The average molecular weight is 200 g/mol. The van der Waals surface area contributed by atoms with Crippen LogP contribution in [0.15, 0.2) is 0 Å². The fourth-order valence-electron chi connectivity index (χ4n) is 1.47. The number of hydrogen-bond donors (Lipinski definition) is 1. The van der Waals surface area contributed by atoms with Gasteiger partial charge in [0.15, 0.2) is 0 Å². The van der Waals surface area contributed by atoms with Crippen LogP contribution in [0.1, 0.15) is 46.0 Å². The second-order valence-corrected chi connectivity index (χ2v) is 5.00. The largest absolute Gasteiger partial charge is 0.318 e. The molecule has 0 saturated heterocycles. The molecule has 2 heteroatoms. The van der Waals surface area contributed by atoms with E-state index in [1.165, 1.54) is 32.1 Å². The topological polar surface area (TPSA) is 15.3 Å². The SMILES string of the molecule is C1CCCC1.CNCC(C)(C)N(C)C. The molecule has 1 N–H and O–H groups in total. The van der Waals surface area contributed by atoms with Crippen LogP contribution in [-0.4, -0.2) is 38.1 Å². The minimum atomic E-state index is 0.273. The maximum absolute atomic E-state index is 3.15. The molecule has 1 fully saturated rings. The van der Waals surface area contributed by atoms with Crippen molar-refractivity contribution in [1.29, 1.82) is 0 Å². The summed E-state index contributed by atoms with van der Waals surface area (Å²) in [7, 11) is 6.17. The molecule has 0 bridgehead atoms. The van der Waals surface area contributed by atoms with Gasteiger partial charge in [0.05, 0.1) is 0 Å². The highest BCUT2D eigenvalue weighted by atomic mass is 15.2. The van der Waals surface area contributed by atoms with Crippen LogP contribution in [-0.2, 0) is 0 Å². The van der Waals surface area contributed by atoms with Crippen molar-refractivity contribution in [3.05, 3.63) is 0 Å². The van der Waals surface area contributed by atoms with Gasteiger partial charge in [-0.25, -0.2) is 0 Å². The van der Waals surface area contributed by atoms with Gasteiger partial charge in [-0.2, -0.15) is 0 Å². The van der Waals surface area contributed by atoms with Crippen molar-refractivity contribution in [1.82, 2.24) is 10.2 Å². The molecule has 0 atom stereocenters. The molecule has 0 radical (unpaired) electrons.